The van der Waals surface area contributed by atoms with Gasteiger partial charge >= 0.3 is 12.1 Å². The Balaban J connectivity index is 1.82. The number of piperazine rings is 1. The molecule has 2 aliphatic heterocycles. The molecule has 6 nitrogen and oxygen atoms in total. The van der Waals surface area contributed by atoms with Crippen LogP contribution in [-0.4, -0.2) is 55.5 Å². The van der Waals surface area contributed by atoms with E-state index in [0.717, 1.165) is 22.3 Å². The molecule has 0 aliphatic carbocycles. The SMILES string of the molecule is C=C1C(C(=O)O)=CN(CCF)c2c1cc(F)c(N1CCN(c3nccs3)CC1)c2C(F)(F)F. The van der Waals surface area contributed by atoms with Gasteiger partial charge in [-0.3, -0.25) is 0 Å². The highest BCUT2D eigenvalue weighted by Crippen LogP contribution is 2.50. The van der Waals surface area contributed by atoms with Gasteiger partial charge in [-0.1, -0.05) is 6.58 Å². The van der Waals surface area contributed by atoms with Gasteiger partial charge in [0.05, 0.1) is 23.5 Å². The molecule has 1 aromatic carbocycles. The van der Waals surface area contributed by atoms with Gasteiger partial charge in [0.1, 0.15) is 18.1 Å². The first-order valence-electron chi connectivity index (χ1n) is 9.94. The molecular weight excluding hydrogens is 467 g/mol. The topological polar surface area (TPSA) is 59.9 Å². The average molecular weight is 486 g/mol. The molecule has 2 aromatic rings. The Morgan fingerprint density at radius 1 is 1.18 bits per heavy atom. The van der Waals surface area contributed by atoms with Gasteiger partial charge in [0.15, 0.2) is 5.13 Å². The summed E-state index contributed by atoms with van der Waals surface area (Å²) in [5.41, 5.74) is -3.41. The lowest BCUT2D eigenvalue weighted by atomic mass is 9.90. The lowest BCUT2D eigenvalue weighted by Gasteiger charge is -2.39. The Hall–Kier alpha value is -3.15. The molecule has 1 aromatic heterocycles. The zero-order valence-corrected chi connectivity index (χ0v) is 18.0. The van der Waals surface area contributed by atoms with Crippen LogP contribution in [0.2, 0.25) is 0 Å². The third-order valence-electron chi connectivity index (χ3n) is 5.57. The van der Waals surface area contributed by atoms with Gasteiger partial charge in [0, 0.05) is 49.5 Å². The predicted molar refractivity (Wildman–Crippen MR) is 116 cm³/mol. The number of carbonyl (C=O) groups is 1. The number of thiazole rings is 1. The fraction of sp³-hybridized carbons (Fsp3) is 0.333. The first kappa shape index (κ1) is 23.0. The van der Waals surface area contributed by atoms with E-state index in [1.807, 2.05) is 4.90 Å². The number of carboxylic acids is 1. The van der Waals surface area contributed by atoms with E-state index in [9.17, 15) is 27.5 Å². The number of halogens is 5. The summed E-state index contributed by atoms with van der Waals surface area (Å²) in [7, 11) is 0. The van der Waals surface area contributed by atoms with E-state index in [1.165, 1.54) is 16.2 Å². The Morgan fingerprint density at radius 2 is 1.85 bits per heavy atom. The van der Waals surface area contributed by atoms with Crippen molar-refractivity contribution in [3.05, 3.63) is 52.9 Å². The molecule has 2 aliphatic rings. The van der Waals surface area contributed by atoms with Crippen molar-refractivity contribution in [2.45, 2.75) is 6.18 Å². The molecule has 3 heterocycles. The molecule has 0 saturated carbocycles. The van der Waals surface area contributed by atoms with E-state index in [2.05, 4.69) is 11.6 Å². The first-order valence-corrected chi connectivity index (χ1v) is 10.8. The van der Waals surface area contributed by atoms with Crippen molar-refractivity contribution >= 4 is 39.4 Å². The summed E-state index contributed by atoms with van der Waals surface area (Å²) in [5, 5.41) is 11.9. The fourth-order valence-corrected chi connectivity index (χ4v) is 4.82. The number of benzene rings is 1. The van der Waals surface area contributed by atoms with Crippen molar-refractivity contribution < 1.29 is 31.9 Å². The number of hydrogen-bond donors (Lipinski definition) is 1. The number of fused-ring (bicyclic) bond motifs is 1. The van der Waals surface area contributed by atoms with Crippen LogP contribution in [0, 0.1) is 5.82 Å². The van der Waals surface area contributed by atoms with Gasteiger partial charge in [-0.2, -0.15) is 13.2 Å². The lowest BCUT2D eigenvalue weighted by Crippen LogP contribution is -2.47. The Kier molecular flexibility index (Phi) is 6.04. The molecule has 0 atom stereocenters. The van der Waals surface area contributed by atoms with Crippen LogP contribution in [0.25, 0.3) is 5.57 Å². The molecule has 0 amide bonds. The number of hydrogen-bond acceptors (Lipinski definition) is 6. The lowest BCUT2D eigenvalue weighted by molar-refractivity contribution is -0.136. The standard InChI is InChI=1S/C21H19F5N4O2S/c1-12-13-10-15(23)18(28-5-7-29(8-6-28)20-27-3-9-33-20)16(21(24,25)26)17(13)30(4-2-22)11-14(12)19(31)32/h3,9-11H,1-2,4-8H2,(H,31,32). The second-order valence-corrected chi connectivity index (χ2v) is 8.35. The second-order valence-electron chi connectivity index (χ2n) is 7.47. The van der Waals surface area contributed by atoms with Crippen LogP contribution in [0.3, 0.4) is 0 Å². The molecule has 4 rings (SSSR count). The smallest absolute Gasteiger partial charge is 0.420 e. The van der Waals surface area contributed by atoms with Gasteiger partial charge < -0.3 is 19.8 Å². The van der Waals surface area contributed by atoms with Crippen molar-refractivity contribution in [3.8, 4) is 0 Å². The summed E-state index contributed by atoms with van der Waals surface area (Å²) in [5.74, 6) is -2.59. The van der Waals surface area contributed by atoms with E-state index in [0.29, 0.717) is 13.1 Å². The van der Waals surface area contributed by atoms with Crippen LogP contribution >= 0.6 is 11.3 Å². The Bertz CT molecular complexity index is 1110. The van der Waals surface area contributed by atoms with Gasteiger partial charge in [-0.05, 0) is 11.6 Å². The second kappa shape index (κ2) is 8.65. The van der Waals surface area contributed by atoms with E-state index >= 15 is 4.39 Å². The molecule has 33 heavy (non-hydrogen) atoms. The number of aliphatic carboxylic acids is 1. The zero-order chi connectivity index (χ0) is 23.9. The van der Waals surface area contributed by atoms with Gasteiger partial charge in [-0.25, -0.2) is 18.6 Å². The summed E-state index contributed by atoms with van der Waals surface area (Å²) in [6.45, 7) is 2.90. The van der Waals surface area contributed by atoms with E-state index in [1.54, 1.807) is 11.6 Å². The third kappa shape index (κ3) is 4.14. The fourth-order valence-electron chi connectivity index (χ4n) is 4.12. The van der Waals surface area contributed by atoms with E-state index in [-0.39, 0.29) is 24.2 Å². The van der Waals surface area contributed by atoms with Gasteiger partial charge in [-0.15, -0.1) is 11.3 Å². The number of nitrogens with zero attached hydrogens (tertiary/aromatic N) is 4. The monoisotopic (exact) mass is 486 g/mol. The van der Waals surface area contributed by atoms with Crippen molar-refractivity contribution in [3.63, 3.8) is 0 Å². The summed E-state index contributed by atoms with van der Waals surface area (Å²) >= 11 is 1.40. The molecule has 0 unspecified atom stereocenters. The minimum absolute atomic E-state index is 0.110. The molecule has 0 bridgehead atoms. The average Bonchev–Trinajstić information content (AvgIpc) is 3.29. The summed E-state index contributed by atoms with van der Waals surface area (Å²) in [6.07, 6.45) is -2.44. The van der Waals surface area contributed by atoms with Gasteiger partial charge in [0.2, 0.25) is 0 Å². The minimum atomic E-state index is -4.99. The molecule has 0 spiro atoms. The number of carboxylic acid groups (broad SMARTS) is 1. The van der Waals surface area contributed by atoms with Crippen molar-refractivity contribution in [1.82, 2.24) is 4.98 Å². The normalized spacial score (nSPS) is 16.7. The van der Waals surface area contributed by atoms with Crippen molar-refractivity contribution in [1.29, 1.82) is 0 Å². The maximum absolute atomic E-state index is 15.3. The molecule has 1 saturated heterocycles. The first-order chi connectivity index (χ1) is 15.6. The number of alkyl halides is 4. The number of anilines is 3. The van der Waals surface area contributed by atoms with Crippen LogP contribution in [0.5, 0.6) is 0 Å². The molecule has 1 fully saturated rings. The highest BCUT2D eigenvalue weighted by Gasteiger charge is 2.44. The van der Waals surface area contributed by atoms with Crippen LogP contribution in [-0.2, 0) is 11.0 Å². The zero-order valence-electron chi connectivity index (χ0n) is 17.2. The van der Waals surface area contributed by atoms with E-state index < -0.39 is 53.7 Å². The summed E-state index contributed by atoms with van der Waals surface area (Å²) in [6, 6.07) is 0.858. The number of aromatic nitrogens is 1. The Morgan fingerprint density at radius 3 is 2.39 bits per heavy atom. The van der Waals surface area contributed by atoms with Gasteiger partial charge in [0.25, 0.3) is 0 Å². The van der Waals surface area contributed by atoms with Crippen LogP contribution in [0.15, 0.2) is 36.0 Å². The minimum Gasteiger partial charge on any atom is -0.478 e. The highest BCUT2D eigenvalue weighted by atomic mass is 32.1. The molecule has 12 heteroatoms. The van der Waals surface area contributed by atoms with Crippen molar-refractivity contribution in [2.75, 3.05) is 54.1 Å². The summed E-state index contributed by atoms with van der Waals surface area (Å²) in [4.78, 5) is 19.8. The molecule has 176 valence electrons. The molecular formula is C21H19F5N4O2S. The largest absolute Gasteiger partial charge is 0.478 e. The van der Waals surface area contributed by atoms with E-state index in [4.69, 9.17) is 0 Å². The maximum Gasteiger partial charge on any atom is 0.420 e. The number of rotatable bonds is 5. The maximum atomic E-state index is 15.3. The quantitative estimate of drug-likeness (QED) is 0.633. The van der Waals surface area contributed by atoms with Crippen LogP contribution < -0.4 is 14.7 Å². The highest BCUT2D eigenvalue weighted by molar-refractivity contribution is 7.13. The molecule has 0 radical (unpaired) electrons. The molecule has 1 N–H and O–H groups in total. The Labute approximate surface area is 189 Å². The van der Waals surface area contributed by atoms with Crippen LogP contribution in [0.4, 0.5) is 38.5 Å². The predicted octanol–water partition coefficient (Wildman–Crippen LogP) is 4.40. The summed E-state index contributed by atoms with van der Waals surface area (Å²) < 4.78 is 71.6. The van der Waals surface area contributed by atoms with Crippen molar-refractivity contribution in [2.24, 2.45) is 0 Å². The van der Waals surface area contributed by atoms with Crippen LogP contribution in [0.1, 0.15) is 11.1 Å². The third-order valence-corrected chi connectivity index (χ3v) is 6.41.